The minimum atomic E-state index is -0.347. The molecule has 0 atom stereocenters. The Morgan fingerprint density at radius 1 is 1.00 bits per heavy atom. The largest absolute Gasteiger partial charge is 0.494 e. The van der Waals surface area contributed by atoms with Gasteiger partial charge in [0.2, 0.25) is 0 Å². The van der Waals surface area contributed by atoms with Crippen LogP contribution in [0.2, 0.25) is 5.02 Å². The van der Waals surface area contributed by atoms with Crippen molar-refractivity contribution in [3.8, 4) is 5.75 Å². The molecule has 0 fully saturated rings. The van der Waals surface area contributed by atoms with Gasteiger partial charge < -0.3 is 20.3 Å². The molecule has 3 aromatic carbocycles. The first-order valence-corrected chi connectivity index (χ1v) is 13.9. The number of aliphatic imine (C=N–C) groups is 1. The standard InChI is InChI=1S/C30H35ClN4O3S/c1-30(2,3)21-13-11-20(12-14-21)27(36)34-29(39-18-17-35(4)5)32-22-15-16-25(26(19-22)38-6)33-28(37)23-9-7-8-10-24(23)31/h7-16,19H,17-18H2,1-6H3,(H,33,37)(H,32,34,36). The number of carbonyl (C=O) groups excluding carboxylic acids is 2. The Hall–Kier alpha value is -3.33. The highest BCUT2D eigenvalue weighted by Crippen LogP contribution is 2.31. The van der Waals surface area contributed by atoms with Crippen LogP contribution in [0.15, 0.2) is 71.7 Å². The van der Waals surface area contributed by atoms with Crippen molar-refractivity contribution in [2.45, 2.75) is 26.2 Å². The van der Waals surface area contributed by atoms with Gasteiger partial charge in [0.05, 0.1) is 29.1 Å². The Morgan fingerprint density at radius 3 is 2.31 bits per heavy atom. The molecule has 0 aliphatic rings. The number of benzene rings is 3. The number of amides is 2. The first-order valence-electron chi connectivity index (χ1n) is 12.5. The highest BCUT2D eigenvalue weighted by atomic mass is 35.5. The fourth-order valence-electron chi connectivity index (χ4n) is 3.52. The molecule has 0 unspecified atom stereocenters. The summed E-state index contributed by atoms with van der Waals surface area (Å²) in [5, 5.41) is 6.62. The van der Waals surface area contributed by atoms with E-state index in [4.69, 9.17) is 21.3 Å². The van der Waals surface area contributed by atoms with Crippen molar-refractivity contribution in [1.29, 1.82) is 0 Å². The molecule has 7 nitrogen and oxygen atoms in total. The number of rotatable bonds is 8. The molecule has 206 valence electrons. The number of anilines is 1. The lowest BCUT2D eigenvalue weighted by Crippen LogP contribution is -2.29. The molecule has 2 N–H and O–H groups in total. The second-order valence-electron chi connectivity index (χ2n) is 10.2. The van der Waals surface area contributed by atoms with E-state index in [1.807, 2.05) is 38.4 Å². The van der Waals surface area contributed by atoms with Crippen LogP contribution in [0.25, 0.3) is 0 Å². The zero-order valence-electron chi connectivity index (χ0n) is 23.2. The number of amidine groups is 1. The average Bonchev–Trinajstić information content (AvgIpc) is 2.89. The van der Waals surface area contributed by atoms with Crippen molar-refractivity contribution >= 4 is 51.7 Å². The molecule has 39 heavy (non-hydrogen) atoms. The van der Waals surface area contributed by atoms with Crippen LogP contribution in [-0.4, -0.2) is 55.4 Å². The number of carbonyl (C=O) groups is 2. The number of hydrogen-bond acceptors (Lipinski definition) is 6. The molecule has 0 radical (unpaired) electrons. The van der Waals surface area contributed by atoms with Gasteiger partial charge in [-0.05, 0) is 61.5 Å². The number of halogens is 1. The van der Waals surface area contributed by atoms with E-state index in [1.165, 1.54) is 18.9 Å². The van der Waals surface area contributed by atoms with E-state index >= 15 is 0 Å². The lowest BCUT2D eigenvalue weighted by Gasteiger charge is -2.19. The number of thioether (sulfide) groups is 1. The molecule has 0 aliphatic heterocycles. The van der Waals surface area contributed by atoms with E-state index in [1.54, 1.807) is 42.5 Å². The number of ether oxygens (including phenoxy) is 1. The Labute approximate surface area is 240 Å². The molecule has 0 saturated carbocycles. The van der Waals surface area contributed by atoms with E-state index in [2.05, 4.69) is 36.3 Å². The quantitative estimate of drug-likeness (QED) is 0.237. The number of methoxy groups -OCH3 is 1. The molecule has 3 rings (SSSR count). The molecule has 0 saturated heterocycles. The van der Waals surface area contributed by atoms with Crippen LogP contribution in [0.5, 0.6) is 5.75 Å². The Kier molecular flexibility index (Phi) is 10.6. The minimum absolute atomic E-state index is 0.00169. The molecule has 0 aliphatic carbocycles. The molecule has 3 aromatic rings. The van der Waals surface area contributed by atoms with Gasteiger partial charge in [-0.15, -0.1) is 0 Å². The molecule has 0 aromatic heterocycles. The van der Waals surface area contributed by atoms with Gasteiger partial charge in [0.1, 0.15) is 5.75 Å². The van der Waals surface area contributed by atoms with Gasteiger partial charge in [-0.2, -0.15) is 0 Å². The average molecular weight is 567 g/mol. The summed E-state index contributed by atoms with van der Waals surface area (Å²) in [6, 6.07) is 19.6. The number of nitrogens with one attached hydrogen (secondary N) is 2. The van der Waals surface area contributed by atoms with Crippen LogP contribution >= 0.6 is 23.4 Å². The van der Waals surface area contributed by atoms with Gasteiger partial charge in [-0.3, -0.25) is 9.59 Å². The minimum Gasteiger partial charge on any atom is -0.494 e. The smallest absolute Gasteiger partial charge is 0.257 e. The van der Waals surface area contributed by atoms with Gasteiger partial charge in [-0.25, -0.2) is 4.99 Å². The highest BCUT2D eigenvalue weighted by molar-refractivity contribution is 8.13. The maximum atomic E-state index is 13.1. The van der Waals surface area contributed by atoms with E-state index in [9.17, 15) is 9.59 Å². The van der Waals surface area contributed by atoms with Crippen LogP contribution < -0.4 is 15.4 Å². The highest BCUT2D eigenvalue weighted by Gasteiger charge is 2.16. The monoisotopic (exact) mass is 566 g/mol. The fourth-order valence-corrected chi connectivity index (χ4v) is 4.72. The molecular weight excluding hydrogens is 532 g/mol. The second kappa shape index (κ2) is 13.6. The van der Waals surface area contributed by atoms with Crippen molar-refractivity contribution in [3.05, 3.63) is 88.4 Å². The molecular formula is C30H35ClN4O3S. The third-order valence-electron chi connectivity index (χ3n) is 5.79. The van der Waals surface area contributed by atoms with Gasteiger partial charge >= 0.3 is 0 Å². The van der Waals surface area contributed by atoms with Crippen molar-refractivity contribution in [1.82, 2.24) is 10.2 Å². The maximum Gasteiger partial charge on any atom is 0.257 e. The van der Waals surface area contributed by atoms with E-state index < -0.39 is 0 Å². The Balaban J connectivity index is 1.83. The first-order chi connectivity index (χ1) is 18.5. The lowest BCUT2D eigenvalue weighted by molar-refractivity contribution is 0.0976. The summed E-state index contributed by atoms with van der Waals surface area (Å²) in [5.41, 5.74) is 3.12. The summed E-state index contributed by atoms with van der Waals surface area (Å²) in [7, 11) is 5.50. The lowest BCUT2D eigenvalue weighted by atomic mass is 9.87. The van der Waals surface area contributed by atoms with Crippen molar-refractivity contribution in [3.63, 3.8) is 0 Å². The molecule has 0 spiro atoms. The first kappa shape index (κ1) is 30.2. The normalized spacial score (nSPS) is 11.8. The van der Waals surface area contributed by atoms with Crippen LogP contribution in [0.1, 0.15) is 47.1 Å². The topological polar surface area (TPSA) is 83.0 Å². The van der Waals surface area contributed by atoms with Crippen LogP contribution in [-0.2, 0) is 5.41 Å². The third kappa shape index (κ3) is 8.85. The van der Waals surface area contributed by atoms with Crippen LogP contribution in [0, 0.1) is 0 Å². The molecule has 0 heterocycles. The van der Waals surface area contributed by atoms with Gasteiger partial charge in [0.15, 0.2) is 5.17 Å². The molecule has 0 bridgehead atoms. The van der Waals surface area contributed by atoms with E-state index in [0.717, 1.165) is 17.9 Å². The predicted octanol–water partition coefficient (Wildman–Crippen LogP) is 6.61. The van der Waals surface area contributed by atoms with Crippen molar-refractivity contribution in [2.24, 2.45) is 4.99 Å². The summed E-state index contributed by atoms with van der Waals surface area (Å²) >= 11 is 7.62. The van der Waals surface area contributed by atoms with Gasteiger partial charge in [-0.1, -0.05) is 68.4 Å². The number of hydrogen-bond donors (Lipinski definition) is 2. The van der Waals surface area contributed by atoms with Gasteiger partial charge in [0.25, 0.3) is 11.8 Å². The van der Waals surface area contributed by atoms with Crippen LogP contribution in [0.3, 0.4) is 0 Å². The zero-order chi connectivity index (χ0) is 28.6. The summed E-state index contributed by atoms with van der Waals surface area (Å²) in [6.07, 6.45) is 0. The van der Waals surface area contributed by atoms with Crippen molar-refractivity contribution in [2.75, 3.05) is 38.8 Å². The maximum absolute atomic E-state index is 13.1. The zero-order valence-corrected chi connectivity index (χ0v) is 24.7. The molecule has 9 heteroatoms. The SMILES string of the molecule is COc1cc(N=C(NC(=O)c2ccc(C(C)(C)C)cc2)SCCN(C)C)ccc1NC(=O)c1ccccc1Cl. The number of nitrogens with zero attached hydrogens (tertiary/aromatic N) is 2. The third-order valence-corrected chi connectivity index (χ3v) is 6.98. The predicted molar refractivity (Wildman–Crippen MR) is 163 cm³/mol. The van der Waals surface area contributed by atoms with E-state index in [-0.39, 0.29) is 17.2 Å². The fraction of sp³-hybridized carbons (Fsp3) is 0.300. The Morgan fingerprint density at radius 2 is 1.69 bits per heavy atom. The summed E-state index contributed by atoms with van der Waals surface area (Å²) in [6.45, 7) is 7.22. The van der Waals surface area contributed by atoms with Gasteiger partial charge in [0, 0.05) is 23.9 Å². The molecule has 2 amide bonds. The van der Waals surface area contributed by atoms with Crippen molar-refractivity contribution < 1.29 is 14.3 Å². The van der Waals surface area contributed by atoms with Crippen LogP contribution in [0.4, 0.5) is 11.4 Å². The van der Waals surface area contributed by atoms with E-state index in [0.29, 0.717) is 38.4 Å². The summed E-state index contributed by atoms with van der Waals surface area (Å²) in [4.78, 5) is 32.6. The second-order valence-corrected chi connectivity index (χ2v) is 11.7. The summed E-state index contributed by atoms with van der Waals surface area (Å²) in [5.74, 6) is 0.582. The summed E-state index contributed by atoms with van der Waals surface area (Å²) < 4.78 is 5.52. The Bertz CT molecular complexity index is 1330.